The van der Waals surface area contributed by atoms with Gasteiger partial charge >= 0.3 is 18.2 Å². The molecule has 172 valence electrons. The molecular weight excluding hydrogens is 433 g/mol. The number of anilines is 1. The Kier molecular flexibility index (Phi) is 6.01. The van der Waals surface area contributed by atoms with Gasteiger partial charge in [0.1, 0.15) is 0 Å². The van der Waals surface area contributed by atoms with E-state index in [0.29, 0.717) is 19.4 Å². The van der Waals surface area contributed by atoms with E-state index in [0.717, 1.165) is 28.5 Å². The first-order valence-corrected chi connectivity index (χ1v) is 10.6. The van der Waals surface area contributed by atoms with E-state index >= 15 is 0 Å². The number of hydrogen-bond donors (Lipinski definition) is 2. The van der Waals surface area contributed by atoms with Crippen LogP contribution in [-0.4, -0.2) is 35.1 Å². The van der Waals surface area contributed by atoms with Gasteiger partial charge in [-0.15, -0.1) is 0 Å². The van der Waals surface area contributed by atoms with Crippen molar-refractivity contribution < 1.29 is 27.9 Å². The molecule has 5 nitrogen and oxygen atoms in total. The van der Waals surface area contributed by atoms with E-state index in [1.165, 1.54) is 17.0 Å². The predicted octanol–water partition coefficient (Wildman–Crippen LogP) is 5.80. The largest absolute Gasteiger partial charge is 0.481 e. The highest BCUT2D eigenvalue weighted by Gasteiger charge is 2.44. The summed E-state index contributed by atoms with van der Waals surface area (Å²) in [6.45, 7) is 0.384. The molecule has 3 aromatic rings. The molecule has 0 bridgehead atoms. The fourth-order valence-corrected chi connectivity index (χ4v) is 4.46. The van der Waals surface area contributed by atoms with E-state index in [-0.39, 0.29) is 18.7 Å². The summed E-state index contributed by atoms with van der Waals surface area (Å²) in [5.41, 5.74) is -0.840. The van der Waals surface area contributed by atoms with Gasteiger partial charge in [-0.25, -0.2) is 4.79 Å². The van der Waals surface area contributed by atoms with Crippen molar-refractivity contribution in [3.8, 4) is 0 Å². The molecule has 4 rings (SSSR count). The average molecular weight is 456 g/mol. The molecule has 0 radical (unpaired) electrons. The zero-order valence-corrected chi connectivity index (χ0v) is 17.7. The van der Waals surface area contributed by atoms with Crippen molar-refractivity contribution in [1.29, 1.82) is 0 Å². The number of carbonyl (C=O) groups is 2. The van der Waals surface area contributed by atoms with Gasteiger partial charge in [0, 0.05) is 18.8 Å². The minimum absolute atomic E-state index is 0.0119. The lowest BCUT2D eigenvalue weighted by Gasteiger charge is -2.40. The van der Waals surface area contributed by atoms with E-state index in [1.54, 1.807) is 0 Å². The number of nitrogens with zero attached hydrogens (tertiary/aromatic N) is 1. The summed E-state index contributed by atoms with van der Waals surface area (Å²) >= 11 is 0. The number of halogens is 3. The highest BCUT2D eigenvalue weighted by molar-refractivity contribution is 5.90. The maximum absolute atomic E-state index is 12.8. The second kappa shape index (κ2) is 8.77. The number of urea groups is 1. The Hall–Kier alpha value is -3.55. The second-order valence-corrected chi connectivity index (χ2v) is 8.43. The van der Waals surface area contributed by atoms with Crippen LogP contribution in [0.5, 0.6) is 0 Å². The van der Waals surface area contributed by atoms with Gasteiger partial charge in [-0.3, -0.25) is 4.79 Å². The third kappa shape index (κ3) is 4.79. The maximum Gasteiger partial charge on any atom is 0.416 e. The summed E-state index contributed by atoms with van der Waals surface area (Å²) in [7, 11) is 0. The molecule has 8 heteroatoms. The van der Waals surface area contributed by atoms with Gasteiger partial charge in [0.25, 0.3) is 0 Å². The Balaban J connectivity index is 1.53. The first-order valence-electron chi connectivity index (χ1n) is 10.6. The molecule has 2 N–H and O–H groups in total. The zero-order chi connectivity index (χ0) is 23.6. The number of amides is 2. The molecule has 2 amide bonds. The number of nitrogens with one attached hydrogen (secondary N) is 1. The molecule has 0 aromatic heterocycles. The van der Waals surface area contributed by atoms with Crippen LogP contribution < -0.4 is 5.32 Å². The molecule has 1 saturated heterocycles. The number of alkyl halides is 3. The summed E-state index contributed by atoms with van der Waals surface area (Å²) < 4.78 is 38.3. The minimum atomic E-state index is -4.46. The molecule has 1 fully saturated rings. The van der Waals surface area contributed by atoms with Crippen molar-refractivity contribution in [3.63, 3.8) is 0 Å². The van der Waals surface area contributed by atoms with Crippen LogP contribution in [0, 0.1) is 5.41 Å². The number of carboxylic acids is 1. The standard InChI is InChI=1S/C25H23F3N2O3/c26-25(27,28)19-9-11-20(12-10-19)29-23(33)30-14-4-13-24(16-30,22(31)32)15-18-7-3-6-17-5-1-2-8-21(17)18/h1-3,5-12H,4,13-16H2,(H,29,33)(H,31,32). The summed E-state index contributed by atoms with van der Waals surface area (Å²) in [6.07, 6.45) is -3.25. The molecule has 3 aromatic carbocycles. The lowest BCUT2D eigenvalue weighted by molar-refractivity contribution is -0.151. The maximum atomic E-state index is 12.8. The third-order valence-electron chi connectivity index (χ3n) is 6.19. The normalized spacial score (nSPS) is 18.8. The summed E-state index contributed by atoms with van der Waals surface area (Å²) in [4.78, 5) is 26.7. The number of rotatable bonds is 4. The fourth-order valence-electron chi connectivity index (χ4n) is 4.46. The first kappa shape index (κ1) is 22.6. The Morgan fingerprint density at radius 3 is 2.39 bits per heavy atom. The van der Waals surface area contributed by atoms with Gasteiger partial charge < -0.3 is 15.3 Å². The Morgan fingerprint density at radius 2 is 1.70 bits per heavy atom. The number of carbonyl (C=O) groups excluding carboxylic acids is 1. The second-order valence-electron chi connectivity index (χ2n) is 8.43. The Bertz CT molecular complexity index is 1170. The summed E-state index contributed by atoms with van der Waals surface area (Å²) in [5, 5.41) is 14.7. The van der Waals surface area contributed by atoms with E-state index in [2.05, 4.69) is 5.32 Å². The zero-order valence-electron chi connectivity index (χ0n) is 17.7. The summed E-state index contributed by atoms with van der Waals surface area (Å²) in [5.74, 6) is -0.970. The van der Waals surface area contributed by atoms with Gasteiger partial charge in [0.15, 0.2) is 0 Å². The molecule has 0 saturated carbocycles. The highest BCUT2D eigenvalue weighted by Crippen LogP contribution is 2.36. The van der Waals surface area contributed by atoms with Crippen LogP contribution in [0.3, 0.4) is 0 Å². The number of piperidine rings is 1. The fraction of sp³-hybridized carbons (Fsp3) is 0.280. The lowest BCUT2D eigenvalue weighted by Crippen LogP contribution is -2.52. The first-order chi connectivity index (χ1) is 15.7. The number of hydrogen-bond acceptors (Lipinski definition) is 2. The van der Waals surface area contributed by atoms with Crippen LogP contribution in [-0.2, 0) is 17.4 Å². The number of aliphatic carboxylic acids is 1. The quantitative estimate of drug-likeness (QED) is 0.521. The van der Waals surface area contributed by atoms with E-state index in [1.807, 2.05) is 42.5 Å². The van der Waals surface area contributed by atoms with E-state index < -0.39 is 29.2 Å². The molecular formula is C25H23F3N2O3. The van der Waals surface area contributed by atoms with Crippen molar-refractivity contribution in [2.75, 3.05) is 18.4 Å². The van der Waals surface area contributed by atoms with Gasteiger partial charge in [-0.05, 0) is 59.9 Å². The smallest absolute Gasteiger partial charge is 0.416 e. The monoisotopic (exact) mass is 456 g/mol. The average Bonchev–Trinajstić information content (AvgIpc) is 2.79. The molecule has 33 heavy (non-hydrogen) atoms. The van der Waals surface area contributed by atoms with Gasteiger partial charge in [-0.1, -0.05) is 42.5 Å². The van der Waals surface area contributed by atoms with Gasteiger partial charge in [0.05, 0.1) is 11.0 Å². The number of carboxylic acid groups (broad SMARTS) is 1. The van der Waals surface area contributed by atoms with Crippen molar-refractivity contribution in [3.05, 3.63) is 77.9 Å². The van der Waals surface area contributed by atoms with Gasteiger partial charge in [0.2, 0.25) is 0 Å². The van der Waals surface area contributed by atoms with Crippen molar-refractivity contribution in [2.24, 2.45) is 5.41 Å². The third-order valence-corrected chi connectivity index (χ3v) is 6.19. The van der Waals surface area contributed by atoms with E-state index in [4.69, 9.17) is 0 Å². The molecule has 1 aliphatic heterocycles. The number of fused-ring (bicyclic) bond motifs is 1. The van der Waals surface area contributed by atoms with Crippen LogP contribution in [0.4, 0.5) is 23.7 Å². The highest BCUT2D eigenvalue weighted by atomic mass is 19.4. The molecule has 1 heterocycles. The lowest BCUT2D eigenvalue weighted by atomic mass is 9.74. The van der Waals surface area contributed by atoms with Crippen molar-refractivity contribution in [2.45, 2.75) is 25.4 Å². The van der Waals surface area contributed by atoms with Crippen molar-refractivity contribution in [1.82, 2.24) is 4.90 Å². The number of benzene rings is 3. The van der Waals surface area contributed by atoms with Gasteiger partial charge in [-0.2, -0.15) is 13.2 Å². The number of likely N-dealkylation sites (tertiary alicyclic amines) is 1. The topological polar surface area (TPSA) is 69.6 Å². The van der Waals surface area contributed by atoms with Crippen LogP contribution in [0.15, 0.2) is 66.7 Å². The molecule has 1 atom stereocenters. The predicted molar refractivity (Wildman–Crippen MR) is 119 cm³/mol. The van der Waals surface area contributed by atoms with Crippen LogP contribution in [0.2, 0.25) is 0 Å². The molecule has 0 spiro atoms. The molecule has 0 aliphatic carbocycles. The minimum Gasteiger partial charge on any atom is -0.481 e. The van der Waals surface area contributed by atoms with Crippen molar-refractivity contribution >= 4 is 28.5 Å². The van der Waals surface area contributed by atoms with Crippen LogP contribution in [0.25, 0.3) is 10.8 Å². The Labute approximate surface area is 188 Å². The molecule has 1 unspecified atom stereocenters. The summed E-state index contributed by atoms with van der Waals surface area (Å²) in [6, 6.07) is 17.2. The van der Waals surface area contributed by atoms with Crippen LogP contribution >= 0.6 is 0 Å². The Morgan fingerprint density at radius 1 is 1.00 bits per heavy atom. The SMILES string of the molecule is O=C(Nc1ccc(C(F)(F)F)cc1)N1CCCC(Cc2cccc3ccccc23)(C(=O)O)C1. The van der Waals surface area contributed by atoms with E-state index in [9.17, 15) is 27.9 Å². The van der Waals surface area contributed by atoms with Crippen LogP contribution in [0.1, 0.15) is 24.0 Å². The molecule has 1 aliphatic rings.